The van der Waals surface area contributed by atoms with Crippen LogP contribution in [-0.2, 0) is 11.3 Å². The summed E-state index contributed by atoms with van der Waals surface area (Å²) >= 11 is 0. The first-order valence-corrected chi connectivity index (χ1v) is 9.40. The lowest BCUT2D eigenvalue weighted by Gasteiger charge is -2.54. The summed E-state index contributed by atoms with van der Waals surface area (Å²) in [7, 11) is 0. The van der Waals surface area contributed by atoms with Gasteiger partial charge in [-0.3, -0.25) is 4.79 Å². The first-order valence-electron chi connectivity index (χ1n) is 9.40. The summed E-state index contributed by atoms with van der Waals surface area (Å²) in [4.78, 5) is 23.0. The van der Waals surface area contributed by atoms with Gasteiger partial charge in [-0.25, -0.2) is 0 Å². The molecule has 0 spiro atoms. The lowest BCUT2D eigenvalue weighted by molar-refractivity contribution is -0.389. The van der Waals surface area contributed by atoms with Crippen molar-refractivity contribution in [3.63, 3.8) is 0 Å². The average Bonchev–Trinajstić information content (AvgIpc) is 2.91. The summed E-state index contributed by atoms with van der Waals surface area (Å²) in [5.41, 5.74) is 0.709. The number of aromatic nitrogens is 2. The van der Waals surface area contributed by atoms with Crippen LogP contribution in [0.4, 0.5) is 5.82 Å². The number of aryl methyl sites for hydroxylation is 1. The van der Waals surface area contributed by atoms with Crippen LogP contribution in [0.5, 0.6) is 0 Å². The zero-order chi connectivity index (χ0) is 17.7. The van der Waals surface area contributed by atoms with Gasteiger partial charge in [0, 0.05) is 6.04 Å². The normalized spacial score (nSPS) is 34.1. The zero-order valence-electron chi connectivity index (χ0n) is 14.9. The molecule has 4 aliphatic rings. The molecule has 25 heavy (non-hydrogen) atoms. The van der Waals surface area contributed by atoms with E-state index in [9.17, 15) is 14.9 Å². The second-order valence-corrected chi connectivity index (χ2v) is 8.45. The summed E-state index contributed by atoms with van der Waals surface area (Å²) in [5.74, 6) is 2.72. The summed E-state index contributed by atoms with van der Waals surface area (Å²) in [6.45, 7) is 4.03. The quantitative estimate of drug-likeness (QED) is 0.655. The highest BCUT2D eigenvalue weighted by molar-refractivity contribution is 5.78. The van der Waals surface area contributed by atoms with Gasteiger partial charge < -0.3 is 15.4 Å². The van der Waals surface area contributed by atoms with Crippen LogP contribution in [0.25, 0.3) is 0 Å². The average molecular weight is 346 g/mol. The van der Waals surface area contributed by atoms with E-state index in [1.807, 2.05) is 6.92 Å². The summed E-state index contributed by atoms with van der Waals surface area (Å²) < 4.78 is 1.57. The number of amides is 1. The fraction of sp³-hybridized carbons (Fsp3) is 0.778. The fourth-order valence-electron chi connectivity index (χ4n) is 5.58. The molecule has 136 valence electrons. The van der Waals surface area contributed by atoms with Crippen molar-refractivity contribution in [1.82, 2.24) is 15.1 Å². The summed E-state index contributed by atoms with van der Waals surface area (Å²) in [6, 6.07) is 1.78. The van der Waals surface area contributed by atoms with Crippen molar-refractivity contribution in [1.29, 1.82) is 0 Å². The van der Waals surface area contributed by atoms with Gasteiger partial charge in [0.1, 0.15) is 0 Å². The van der Waals surface area contributed by atoms with Crippen LogP contribution in [0, 0.1) is 46.6 Å². The van der Waals surface area contributed by atoms with Crippen LogP contribution >= 0.6 is 0 Å². The van der Waals surface area contributed by atoms with Crippen molar-refractivity contribution < 1.29 is 9.72 Å². The molecular weight excluding hydrogens is 320 g/mol. The van der Waals surface area contributed by atoms with E-state index in [2.05, 4.69) is 10.4 Å². The largest absolute Gasteiger partial charge is 0.390 e. The smallest absolute Gasteiger partial charge is 0.358 e. The van der Waals surface area contributed by atoms with Gasteiger partial charge in [0.25, 0.3) is 0 Å². The predicted octanol–water partition coefficient (Wildman–Crippen LogP) is 2.68. The number of hydrogen-bond donors (Lipinski definition) is 1. The Morgan fingerprint density at radius 3 is 2.44 bits per heavy atom. The maximum absolute atomic E-state index is 12.7. The zero-order valence-corrected chi connectivity index (χ0v) is 14.9. The van der Waals surface area contributed by atoms with Gasteiger partial charge in [-0.05, 0) is 67.6 Å². The van der Waals surface area contributed by atoms with E-state index in [4.69, 9.17) is 0 Å². The minimum absolute atomic E-state index is 0.0510. The topological polar surface area (TPSA) is 90.1 Å². The second kappa shape index (κ2) is 6.11. The molecule has 1 heterocycles. The highest BCUT2D eigenvalue weighted by Gasteiger charge is 2.48. The molecule has 1 aromatic rings. The van der Waals surface area contributed by atoms with E-state index in [1.165, 1.54) is 38.2 Å². The van der Waals surface area contributed by atoms with Crippen LogP contribution in [-0.4, -0.2) is 26.7 Å². The number of nitrogens with one attached hydrogen (secondary N) is 1. The van der Waals surface area contributed by atoms with Crippen LogP contribution in [0.15, 0.2) is 6.07 Å². The van der Waals surface area contributed by atoms with Gasteiger partial charge >= 0.3 is 5.82 Å². The van der Waals surface area contributed by atoms with Gasteiger partial charge in [0.05, 0.1) is 29.3 Å². The molecule has 7 heteroatoms. The minimum Gasteiger partial charge on any atom is -0.358 e. The molecule has 1 aromatic heterocycles. The van der Waals surface area contributed by atoms with E-state index in [-0.39, 0.29) is 17.6 Å². The van der Waals surface area contributed by atoms with Crippen molar-refractivity contribution in [2.24, 2.45) is 29.6 Å². The Balaban J connectivity index is 1.39. The van der Waals surface area contributed by atoms with E-state index in [0.29, 0.717) is 30.1 Å². The third kappa shape index (κ3) is 3.04. The lowest BCUT2D eigenvalue weighted by atomic mass is 9.54. The Morgan fingerprint density at radius 1 is 1.32 bits per heavy atom. The van der Waals surface area contributed by atoms with E-state index >= 15 is 0 Å². The Kier molecular flexibility index (Phi) is 4.04. The molecule has 4 bridgehead atoms. The molecule has 5 rings (SSSR count). The molecule has 0 aliphatic heterocycles. The van der Waals surface area contributed by atoms with Crippen molar-refractivity contribution in [2.45, 2.75) is 58.5 Å². The highest BCUT2D eigenvalue weighted by atomic mass is 16.6. The molecule has 4 fully saturated rings. The molecule has 0 saturated heterocycles. The van der Waals surface area contributed by atoms with Gasteiger partial charge in [-0.15, -0.1) is 0 Å². The molecule has 0 radical (unpaired) electrons. The molecule has 1 atom stereocenters. The summed E-state index contributed by atoms with van der Waals surface area (Å²) in [5, 5.41) is 18.1. The summed E-state index contributed by atoms with van der Waals surface area (Å²) in [6.07, 6.45) is 6.50. The molecule has 7 nitrogen and oxygen atoms in total. The third-order valence-corrected chi connectivity index (χ3v) is 6.59. The number of hydrogen-bond acceptors (Lipinski definition) is 4. The molecule has 1 N–H and O–H groups in total. The number of nitrogens with zero attached hydrogens (tertiary/aromatic N) is 3. The van der Waals surface area contributed by atoms with Crippen LogP contribution in [0.2, 0.25) is 0 Å². The first-order chi connectivity index (χ1) is 11.9. The maximum atomic E-state index is 12.7. The Morgan fingerprint density at radius 2 is 1.92 bits per heavy atom. The number of carbonyl (C=O) groups excluding carboxylic acids is 1. The third-order valence-electron chi connectivity index (χ3n) is 6.59. The predicted molar refractivity (Wildman–Crippen MR) is 91.8 cm³/mol. The highest BCUT2D eigenvalue weighted by Crippen LogP contribution is 2.53. The van der Waals surface area contributed by atoms with Crippen molar-refractivity contribution in [3.05, 3.63) is 21.9 Å². The Hall–Kier alpha value is -1.92. The maximum Gasteiger partial charge on any atom is 0.390 e. The molecule has 1 amide bonds. The monoisotopic (exact) mass is 346 g/mol. The van der Waals surface area contributed by atoms with Crippen LogP contribution in [0.1, 0.15) is 44.7 Å². The van der Waals surface area contributed by atoms with Gasteiger partial charge in [-0.1, -0.05) is 6.92 Å². The molecule has 4 saturated carbocycles. The molecule has 0 unspecified atom stereocenters. The second-order valence-electron chi connectivity index (χ2n) is 8.45. The first kappa shape index (κ1) is 16.5. The van der Waals surface area contributed by atoms with Crippen molar-refractivity contribution in [3.8, 4) is 0 Å². The lowest BCUT2D eigenvalue weighted by Crippen LogP contribution is -2.56. The molecule has 4 aliphatic carbocycles. The van der Waals surface area contributed by atoms with E-state index < -0.39 is 4.92 Å². The standard InChI is InChI=1S/C18H26N4O3/c1-10(9-21-11(2)3-16(20-21)22(24)25)18(23)19-17-14-5-12-4-13(7-14)8-15(17)6-12/h3,10,12-15,17H,4-9H2,1-2H3,(H,19,23)/t10-,12?,13?,14?,15?,17?/m1/s1. The number of nitro groups is 1. The van der Waals surface area contributed by atoms with Gasteiger partial charge in [-0.2, -0.15) is 4.68 Å². The van der Waals surface area contributed by atoms with Crippen LogP contribution < -0.4 is 5.32 Å². The minimum atomic E-state index is -0.497. The molecular formula is C18H26N4O3. The Bertz CT molecular complexity index is 670. The van der Waals surface area contributed by atoms with Crippen molar-refractivity contribution >= 4 is 11.7 Å². The van der Waals surface area contributed by atoms with E-state index in [1.54, 1.807) is 11.6 Å². The molecule has 0 aromatic carbocycles. The van der Waals surface area contributed by atoms with Crippen molar-refractivity contribution in [2.75, 3.05) is 0 Å². The SMILES string of the molecule is Cc1cc([N+](=O)[O-])nn1C[C@@H](C)C(=O)NC1C2CC3CC(C2)CC1C3. The van der Waals surface area contributed by atoms with Gasteiger partial charge in [0.15, 0.2) is 0 Å². The Labute approximate surface area is 147 Å². The fourth-order valence-corrected chi connectivity index (χ4v) is 5.58. The number of rotatable bonds is 5. The number of carbonyl (C=O) groups is 1. The van der Waals surface area contributed by atoms with E-state index in [0.717, 1.165) is 11.8 Å². The van der Waals surface area contributed by atoms with Crippen LogP contribution in [0.3, 0.4) is 0 Å². The van der Waals surface area contributed by atoms with Gasteiger partial charge in [0.2, 0.25) is 5.91 Å².